The molecule has 2 aliphatic rings. The lowest BCUT2D eigenvalue weighted by Gasteiger charge is -2.22. The maximum absolute atomic E-state index is 15.0. The third kappa shape index (κ3) is 4.96. The molecule has 36 heavy (non-hydrogen) atoms. The van der Waals surface area contributed by atoms with Crippen LogP contribution in [0.15, 0.2) is 73.1 Å². The topological polar surface area (TPSA) is 75.2 Å². The maximum Gasteiger partial charge on any atom is 0.218 e. The minimum atomic E-state index is -3.49. The maximum atomic E-state index is 15.0. The van der Waals surface area contributed by atoms with Crippen LogP contribution in [0.4, 0.5) is 10.2 Å². The minimum Gasteiger partial charge on any atom is -0.367 e. The van der Waals surface area contributed by atoms with E-state index in [1.165, 1.54) is 12.4 Å². The summed E-state index contributed by atoms with van der Waals surface area (Å²) in [4.78, 5) is 8.49. The highest BCUT2D eigenvalue weighted by Gasteiger charge is 2.37. The van der Waals surface area contributed by atoms with Gasteiger partial charge in [-0.25, -0.2) is 22.8 Å². The molecule has 184 valence electrons. The van der Waals surface area contributed by atoms with Crippen molar-refractivity contribution in [1.29, 1.82) is 0 Å². The van der Waals surface area contributed by atoms with Gasteiger partial charge in [0, 0.05) is 24.0 Å². The van der Waals surface area contributed by atoms with Gasteiger partial charge in [-0.15, -0.1) is 0 Å². The molecule has 2 fully saturated rings. The monoisotopic (exact) mass is 502 g/mol. The lowest BCUT2D eigenvalue weighted by molar-refractivity contribution is 0.398. The Balaban J connectivity index is 1.30. The van der Waals surface area contributed by atoms with E-state index in [0.29, 0.717) is 34.9 Å². The quantitative estimate of drug-likeness (QED) is 0.327. The number of sulfonamides is 1. The number of hydrogen-bond donors (Lipinski definition) is 1. The molecule has 8 heteroatoms. The van der Waals surface area contributed by atoms with E-state index >= 15 is 4.39 Å². The molecule has 1 N–H and O–H groups in total. The summed E-state index contributed by atoms with van der Waals surface area (Å²) in [6.45, 7) is 0.293. The van der Waals surface area contributed by atoms with Crippen LogP contribution in [-0.4, -0.2) is 34.8 Å². The largest absolute Gasteiger partial charge is 0.367 e. The Morgan fingerprint density at radius 2 is 1.67 bits per heavy atom. The van der Waals surface area contributed by atoms with Crippen molar-refractivity contribution in [2.75, 3.05) is 5.32 Å². The lowest BCUT2D eigenvalue weighted by Crippen LogP contribution is -2.33. The Hall–Kier alpha value is -3.36. The second-order valence-corrected chi connectivity index (χ2v) is 11.6. The summed E-state index contributed by atoms with van der Waals surface area (Å²) in [5.74, 6) is 0.224. The van der Waals surface area contributed by atoms with Gasteiger partial charge in [0.2, 0.25) is 10.0 Å². The van der Waals surface area contributed by atoms with Gasteiger partial charge in [0.15, 0.2) is 0 Å². The molecule has 1 aromatic heterocycles. The van der Waals surface area contributed by atoms with E-state index in [0.717, 1.165) is 42.4 Å². The highest BCUT2D eigenvalue weighted by atomic mass is 32.2. The highest BCUT2D eigenvalue weighted by molar-refractivity contribution is 7.88. The van der Waals surface area contributed by atoms with Gasteiger partial charge in [-0.3, -0.25) is 0 Å². The van der Waals surface area contributed by atoms with Crippen LogP contribution in [0.3, 0.4) is 0 Å². The first kappa shape index (κ1) is 23.1. The zero-order chi connectivity index (χ0) is 24.7. The number of hydrogen-bond acceptors (Lipinski definition) is 5. The summed E-state index contributed by atoms with van der Waals surface area (Å²) >= 11 is 0. The summed E-state index contributed by atoms with van der Waals surface area (Å²) in [6.07, 6.45) is 5.31. The molecule has 0 amide bonds. The van der Waals surface area contributed by atoms with Crippen LogP contribution in [0.2, 0.25) is 0 Å². The van der Waals surface area contributed by atoms with Crippen LogP contribution in [0, 0.1) is 5.82 Å². The van der Waals surface area contributed by atoms with E-state index in [9.17, 15) is 8.42 Å². The lowest BCUT2D eigenvalue weighted by atomic mass is 10.0. The third-order valence-electron chi connectivity index (χ3n) is 6.71. The van der Waals surface area contributed by atoms with E-state index in [1.54, 1.807) is 4.31 Å². The average molecular weight is 503 g/mol. The second-order valence-electron chi connectivity index (χ2n) is 9.71. The van der Waals surface area contributed by atoms with Crippen LogP contribution in [0.1, 0.15) is 36.8 Å². The summed E-state index contributed by atoms with van der Waals surface area (Å²) in [5, 5.41) is 4.02. The molecule has 0 unspecified atom stereocenters. The van der Waals surface area contributed by atoms with Crippen molar-refractivity contribution in [2.24, 2.45) is 0 Å². The fourth-order valence-corrected chi connectivity index (χ4v) is 6.33. The average Bonchev–Trinajstić information content (AvgIpc) is 3.79. The van der Waals surface area contributed by atoms with E-state index < -0.39 is 15.8 Å². The summed E-state index contributed by atoms with van der Waals surface area (Å²) in [7, 11) is -3.49. The van der Waals surface area contributed by atoms with Gasteiger partial charge in [0.25, 0.3) is 0 Å². The van der Waals surface area contributed by atoms with Gasteiger partial charge in [-0.05, 0) is 66.1 Å². The SMILES string of the molecule is O=S(=O)(Cc1ccccc1)N(Cc1cccc(-c2cc(F)c3ncnc(NC4CC4)c3c2)c1)C1CC1. The number of anilines is 1. The van der Waals surface area contributed by atoms with Crippen LogP contribution >= 0.6 is 0 Å². The van der Waals surface area contributed by atoms with Crippen molar-refractivity contribution in [3.63, 3.8) is 0 Å². The molecule has 0 bridgehead atoms. The molecule has 0 saturated heterocycles. The third-order valence-corrected chi connectivity index (χ3v) is 8.55. The first-order chi connectivity index (χ1) is 17.5. The Bertz CT molecular complexity index is 1520. The number of nitrogens with one attached hydrogen (secondary N) is 1. The van der Waals surface area contributed by atoms with Crippen molar-refractivity contribution in [1.82, 2.24) is 14.3 Å². The Morgan fingerprint density at radius 3 is 2.42 bits per heavy atom. The van der Waals surface area contributed by atoms with Crippen molar-refractivity contribution < 1.29 is 12.8 Å². The van der Waals surface area contributed by atoms with E-state index in [4.69, 9.17) is 0 Å². The van der Waals surface area contributed by atoms with Crippen molar-refractivity contribution in [2.45, 2.75) is 50.1 Å². The molecular weight excluding hydrogens is 475 g/mol. The highest BCUT2D eigenvalue weighted by Crippen LogP contribution is 2.34. The first-order valence-electron chi connectivity index (χ1n) is 12.3. The van der Waals surface area contributed by atoms with Crippen molar-refractivity contribution >= 4 is 26.7 Å². The van der Waals surface area contributed by atoms with E-state index in [1.807, 2.05) is 60.7 Å². The van der Waals surface area contributed by atoms with Gasteiger partial charge in [-0.2, -0.15) is 4.31 Å². The normalized spacial score (nSPS) is 15.9. The fraction of sp³-hybridized carbons (Fsp3) is 0.286. The van der Waals surface area contributed by atoms with Crippen molar-refractivity contribution in [3.8, 4) is 11.1 Å². The molecule has 0 spiro atoms. The molecule has 4 aromatic rings. The molecule has 3 aromatic carbocycles. The smallest absolute Gasteiger partial charge is 0.218 e. The molecule has 6 nitrogen and oxygen atoms in total. The zero-order valence-corrected chi connectivity index (χ0v) is 20.6. The minimum absolute atomic E-state index is 0.0172. The molecule has 2 aliphatic carbocycles. The number of nitrogens with zero attached hydrogens (tertiary/aromatic N) is 3. The summed E-state index contributed by atoms with van der Waals surface area (Å²) < 4.78 is 43.3. The van der Waals surface area contributed by atoms with E-state index in [-0.39, 0.29) is 11.8 Å². The molecule has 0 aliphatic heterocycles. The van der Waals surface area contributed by atoms with Crippen molar-refractivity contribution in [3.05, 3.63) is 90.0 Å². The number of benzene rings is 3. The number of fused-ring (bicyclic) bond motifs is 1. The molecule has 2 saturated carbocycles. The van der Waals surface area contributed by atoms with Gasteiger partial charge >= 0.3 is 0 Å². The standard InChI is InChI=1S/C28H27FN4O2S/c29-26-15-22(14-25-27(26)30-18-31-28(25)32-23-9-10-23)21-8-4-7-20(13-21)16-33(24-11-12-24)36(34,35)17-19-5-2-1-3-6-19/h1-8,13-15,18,23-24H,9-12,16-17H2,(H,30,31,32). The second kappa shape index (κ2) is 9.26. The molecule has 6 rings (SSSR count). The van der Waals surface area contributed by atoms with Gasteiger partial charge in [-0.1, -0.05) is 48.5 Å². The molecule has 0 radical (unpaired) electrons. The van der Waals surface area contributed by atoms with Crippen LogP contribution in [0.25, 0.3) is 22.0 Å². The Kier molecular flexibility index (Phi) is 5.93. The fourth-order valence-electron chi connectivity index (χ4n) is 4.54. The van der Waals surface area contributed by atoms with Gasteiger partial charge in [0.05, 0.1) is 5.75 Å². The van der Waals surface area contributed by atoms with Gasteiger partial charge < -0.3 is 5.32 Å². The molecule has 0 atom stereocenters. The first-order valence-corrected chi connectivity index (χ1v) is 13.9. The zero-order valence-electron chi connectivity index (χ0n) is 19.8. The summed E-state index contributed by atoms with van der Waals surface area (Å²) in [6, 6.07) is 20.8. The van der Waals surface area contributed by atoms with Gasteiger partial charge in [0.1, 0.15) is 23.5 Å². The molecular formula is C28H27FN4O2S. The number of rotatable bonds is 9. The Labute approximate surface area is 210 Å². The Morgan fingerprint density at radius 1 is 0.889 bits per heavy atom. The predicted molar refractivity (Wildman–Crippen MR) is 139 cm³/mol. The summed E-state index contributed by atoms with van der Waals surface area (Å²) in [5.41, 5.74) is 3.48. The van der Waals surface area contributed by atoms with Crippen LogP contribution in [-0.2, 0) is 22.3 Å². The van der Waals surface area contributed by atoms with Crippen LogP contribution < -0.4 is 5.32 Å². The molecule has 1 heterocycles. The van der Waals surface area contributed by atoms with Crippen LogP contribution in [0.5, 0.6) is 0 Å². The number of halogens is 1. The predicted octanol–water partition coefficient (Wildman–Crippen LogP) is 5.50. The van der Waals surface area contributed by atoms with E-state index in [2.05, 4.69) is 15.3 Å². The number of aromatic nitrogens is 2.